The Labute approximate surface area is 244 Å². The van der Waals surface area contributed by atoms with Gasteiger partial charge in [-0.25, -0.2) is 14.8 Å². The highest BCUT2D eigenvalue weighted by atomic mass is 35.5. The van der Waals surface area contributed by atoms with Crippen LogP contribution in [0.5, 0.6) is 11.5 Å². The van der Waals surface area contributed by atoms with E-state index in [-0.39, 0.29) is 17.4 Å². The van der Waals surface area contributed by atoms with E-state index < -0.39 is 6.09 Å². The van der Waals surface area contributed by atoms with Crippen molar-refractivity contribution < 1.29 is 19.4 Å². The molecule has 0 radical (unpaired) electrons. The zero-order chi connectivity index (χ0) is 29.0. The number of carbonyl (C=O) groups is 1. The van der Waals surface area contributed by atoms with E-state index >= 15 is 0 Å². The first-order valence-corrected chi connectivity index (χ1v) is 14.0. The Kier molecular flexibility index (Phi) is 8.44. The van der Waals surface area contributed by atoms with Gasteiger partial charge in [-0.05, 0) is 60.7 Å². The summed E-state index contributed by atoms with van der Waals surface area (Å²) in [6, 6.07) is 16.6. The average Bonchev–Trinajstić information content (AvgIpc) is 2.95. The number of anilines is 2. The number of ether oxygens (including phenoxy) is 2. The van der Waals surface area contributed by atoms with Crippen LogP contribution in [0, 0.1) is 11.3 Å². The average molecular weight is 576 g/mol. The number of amides is 1. The second kappa shape index (κ2) is 12.2. The van der Waals surface area contributed by atoms with Crippen LogP contribution in [-0.2, 0) is 6.61 Å². The largest absolute Gasteiger partial charge is 0.492 e. The van der Waals surface area contributed by atoms with Crippen molar-refractivity contribution in [1.82, 2.24) is 19.9 Å². The molecule has 1 aliphatic heterocycles. The molecule has 1 amide bonds. The number of rotatable bonds is 8. The molecule has 1 saturated heterocycles. The van der Waals surface area contributed by atoms with Crippen LogP contribution < -0.4 is 14.8 Å². The Morgan fingerprint density at radius 1 is 1.07 bits per heavy atom. The number of nitrogens with zero attached hydrogens (tertiary/aromatic N) is 4. The van der Waals surface area contributed by atoms with Crippen LogP contribution >= 0.6 is 11.6 Å². The topological polar surface area (TPSA) is 110 Å². The number of nitrogens with one attached hydrogen (secondary N) is 1. The highest BCUT2D eigenvalue weighted by Crippen LogP contribution is 2.38. The van der Waals surface area contributed by atoms with Gasteiger partial charge in [0.1, 0.15) is 30.3 Å². The van der Waals surface area contributed by atoms with Crippen LogP contribution in [0.2, 0.25) is 5.02 Å². The first-order chi connectivity index (χ1) is 19.7. The highest BCUT2D eigenvalue weighted by molar-refractivity contribution is 6.32. The predicted molar refractivity (Wildman–Crippen MR) is 159 cm³/mol. The number of halogens is 1. The molecule has 2 aromatic carbocycles. The molecule has 0 saturated carbocycles. The third-order valence-electron chi connectivity index (χ3n) is 7.26. The molecule has 10 heteroatoms. The van der Waals surface area contributed by atoms with Gasteiger partial charge >= 0.3 is 6.09 Å². The molecule has 4 aromatic rings. The molecule has 2 atom stereocenters. The minimum absolute atomic E-state index is 0.0496. The zero-order valence-electron chi connectivity index (χ0n) is 23.4. The van der Waals surface area contributed by atoms with Crippen LogP contribution in [0.15, 0.2) is 67.1 Å². The van der Waals surface area contributed by atoms with Gasteiger partial charge in [-0.15, -0.1) is 0 Å². The van der Waals surface area contributed by atoms with Gasteiger partial charge in [0.05, 0.1) is 28.2 Å². The fourth-order valence-corrected chi connectivity index (χ4v) is 5.83. The van der Waals surface area contributed by atoms with Crippen molar-refractivity contribution in [3.63, 3.8) is 0 Å². The summed E-state index contributed by atoms with van der Waals surface area (Å²) in [5.74, 6) is 1.81. The summed E-state index contributed by atoms with van der Waals surface area (Å²) in [5.41, 5.74) is 2.04. The predicted octanol–water partition coefficient (Wildman–Crippen LogP) is 7.18. The van der Waals surface area contributed by atoms with Gasteiger partial charge in [-0.3, -0.25) is 4.98 Å². The molecule has 0 aliphatic carbocycles. The molecular weight excluding hydrogens is 542 g/mol. The van der Waals surface area contributed by atoms with E-state index in [1.165, 1.54) is 6.33 Å². The smallest absolute Gasteiger partial charge is 0.407 e. The van der Waals surface area contributed by atoms with Crippen LogP contribution in [0.4, 0.5) is 16.3 Å². The summed E-state index contributed by atoms with van der Waals surface area (Å²) in [4.78, 5) is 26.8. The molecule has 214 valence electrons. The number of piperidine rings is 1. The standard InChI is InChI=1S/C31H34ClN5O4/c1-31(2,3)28-20(8-7-15-37(28)30(38)39)17-40-26-11-6-10-24-27(26)29(35-19-34-24)36-21-12-13-25(23(32)16-21)41-18-22-9-4-5-14-33-22/h4-6,9-14,16,19-20,28H,7-8,15,17-18H2,1-3H3,(H,38,39)(H,34,35,36)/t20-,28?/m0/s1. The normalized spacial score (nSPS) is 17.3. The zero-order valence-corrected chi connectivity index (χ0v) is 24.1. The van der Waals surface area contributed by atoms with Gasteiger partial charge in [0.2, 0.25) is 0 Å². The summed E-state index contributed by atoms with van der Waals surface area (Å²) < 4.78 is 12.3. The molecular formula is C31H34ClN5O4. The van der Waals surface area contributed by atoms with Crippen LogP contribution in [0.3, 0.4) is 0 Å². The van der Waals surface area contributed by atoms with E-state index in [0.717, 1.165) is 35.1 Å². The van der Waals surface area contributed by atoms with Gasteiger partial charge in [0.25, 0.3) is 0 Å². The van der Waals surface area contributed by atoms with Crippen molar-refractivity contribution in [3.8, 4) is 11.5 Å². The molecule has 2 N–H and O–H groups in total. The minimum Gasteiger partial charge on any atom is -0.492 e. The number of hydrogen-bond donors (Lipinski definition) is 2. The summed E-state index contributed by atoms with van der Waals surface area (Å²) in [7, 11) is 0. The maximum Gasteiger partial charge on any atom is 0.407 e. The van der Waals surface area contributed by atoms with E-state index in [2.05, 4.69) is 41.0 Å². The number of likely N-dealkylation sites (tertiary alicyclic amines) is 1. The summed E-state index contributed by atoms with van der Waals surface area (Å²) in [6.07, 6.45) is 4.04. The molecule has 5 rings (SSSR count). The molecule has 41 heavy (non-hydrogen) atoms. The molecule has 1 unspecified atom stereocenters. The first kappa shape index (κ1) is 28.4. The van der Waals surface area contributed by atoms with Crippen LogP contribution in [0.25, 0.3) is 10.9 Å². The Morgan fingerprint density at radius 2 is 1.93 bits per heavy atom. The SMILES string of the molecule is CC(C)(C)C1[C@H](COc2cccc3ncnc(Nc4ccc(OCc5ccccn5)c(Cl)c4)c23)CCCN1C(=O)O. The van der Waals surface area contributed by atoms with E-state index in [1.54, 1.807) is 23.2 Å². The monoisotopic (exact) mass is 575 g/mol. The Balaban J connectivity index is 1.35. The second-order valence-electron chi connectivity index (χ2n) is 11.3. The van der Waals surface area contributed by atoms with Gasteiger partial charge in [0, 0.05) is 30.4 Å². The molecule has 1 fully saturated rings. The van der Waals surface area contributed by atoms with Crippen molar-refractivity contribution in [2.75, 3.05) is 18.5 Å². The van der Waals surface area contributed by atoms with Crippen molar-refractivity contribution >= 4 is 40.1 Å². The van der Waals surface area contributed by atoms with E-state index in [0.29, 0.717) is 42.1 Å². The quantitative estimate of drug-likeness (QED) is 0.227. The summed E-state index contributed by atoms with van der Waals surface area (Å²) in [6.45, 7) is 7.48. The van der Waals surface area contributed by atoms with Gasteiger partial charge in [-0.2, -0.15) is 0 Å². The van der Waals surface area contributed by atoms with Crippen LogP contribution in [-0.4, -0.2) is 50.2 Å². The lowest BCUT2D eigenvalue weighted by Crippen LogP contribution is -2.55. The van der Waals surface area contributed by atoms with Crippen molar-refractivity contribution in [3.05, 3.63) is 77.8 Å². The number of carboxylic acid groups (broad SMARTS) is 1. The number of aromatic nitrogens is 3. The van der Waals surface area contributed by atoms with Gasteiger partial charge < -0.3 is 24.8 Å². The maximum absolute atomic E-state index is 12.0. The number of pyridine rings is 1. The first-order valence-electron chi connectivity index (χ1n) is 13.7. The van der Waals surface area contributed by atoms with E-state index in [1.807, 2.05) is 42.5 Å². The summed E-state index contributed by atoms with van der Waals surface area (Å²) in [5, 5.41) is 14.4. The summed E-state index contributed by atoms with van der Waals surface area (Å²) >= 11 is 6.54. The number of hydrogen-bond acceptors (Lipinski definition) is 7. The van der Waals surface area contributed by atoms with Gasteiger partial charge in [0.15, 0.2) is 0 Å². The second-order valence-corrected chi connectivity index (χ2v) is 11.7. The lowest BCUT2D eigenvalue weighted by molar-refractivity contribution is 0.00696. The van der Waals surface area contributed by atoms with Crippen molar-refractivity contribution in [2.24, 2.45) is 11.3 Å². The van der Waals surface area contributed by atoms with Crippen molar-refractivity contribution in [2.45, 2.75) is 46.3 Å². The molecule has 9 nitrogen and oxygen atoms in total. The van der Waals surface area contributed by atoms with Crippen LogP contribution in [0.1, 0.15) is 39.3 Å². The van der Waals surface area contributed by atoms with Gasteiger partial charge in [-0.1, -0.05) is 44.5 Å². The third-order valence-corrected chi connectivity index (χ3v) is 7.56. The Hall–Kier alpha value is -4.11. The maximum atomic E-state index is 12.0. The molecule has 0 bridgehead atoms. The van der Waals surface area contributed by atoms with E-state index in [9.17, 15) is 9.90 Å². The van der Waals surface area contributed by atoms with E-state index in [4.69, 9.17) is 21.1 Å². The number of fused-ring (bicyclic) bond motifs is 1. The molecule has 2 aromatic heterocycles. The minimum atomic E-state index is -0.883. The lowest BCUT2D eigenvalue weighted by atomic mass is 9.74. The highest BCUT2D eigenvalue weighted by Gasteiger charge is 2.42. The fourth-order valence-electron chi connectivity index (χ4n) is 5.60. The molecule has 3 heterocycles. The third kappa shape index (κ3) is 6.62. The molecule has 0 spiro atoms. The Bertz CT molecular complexity index is 1510. The number of benzene rings is 2. The Morgan fingerprint density at radius 3 is 2.66 bits per heavy atom. The fraction of sp³-hybridized carbons (Fsp3) is 0.355. The lowest BCUT2D eigenvalue weighted by Gasteiger charge is -2.46. The van der Waals surface area contributed by atoms with Crippen molar-refractivity contribution in [1.29, 1.82) is 0 Å². The molecule has 1 aliphatic rings.